The van der Waals surface area contributed by atoms with Crippen molar-refractivity contribution < 1.29 is 26.3 Å². The van der Waals surface area contributed by atoms with Crippen molar-refractivity contribution in [2.24, 2.45) is 0 Å². The van der Waals surface area contributed by atoms with Gasteiger partial charge in [0, 0.05) is 0 Å². The summed E-state index contributed by atoms with van der Waals surface area (Å²) in [4.78, 5) is 9.13. The van der Waals surface area contributed by atoms with E-state index in [9.17, 15) is 26.3 Å². The fourth-order valence-corrected chi connectivity index (χ4v) is 2.97. The maximum atomic E-state index is 13.3. The van der Waals surface area contributed by atoms with Crippen molar-refractivity contribution in [3.8, 4) is 11.8 Å². The summed E-state index contributed by atoms with van der Waals surface area (Å²) < 4.78 is 79.3. The second-order valence-electron chi connectivity index (χ2n) is 5.23. The highest BCUT2D eigenvalue weighted by Crippen LogP contribution is 2.41. The number of hydrogen-bond donors (Lipinski definition) is 1. The van der Waals surface area contributed by atoms with Crippen LogP contribution >= 0.6 is 34.8 Å². The van der Waals surface area contributed by atoms with Crippen LogP contribution in [0.25, 0.3) is 16.7 Å². The lowest BCUT2D eigenvalue weighted by atomic mass is 10.2. The molecule has 0 radical (unpaired) electrons. The predicted octanol–water partition coefficient (Wildman–Crippen LogP) is 4.66. The third-order valence-corrected chi connectivity index (χ3v) is 4.51. The Hall–Kier alpha value is -2.56. The van der Waals surface area contributed by atoms with Gasteiger partial charge in [-0.25, -0.2) is 19.6 Å². The Labute approximate surface area is 170 Å². The number of anilines is 1. The van der Waals surface area contributed by atoms with Crippen LogP contribution < -0.4 is 5.73 Å². The molecular weight excluding hydrogens is 475 g/mol. The van der Waals surface area contributed by atoms with Crippen molar-refractivity contribution in [1.29, 1.82) is 5.26 Å². The van der Waals surface area contributed by atoms with Gasteiger partial charge in [0.05, 0.1) is 5.39 Å². The smallest absolute Gasteiger partial charge is 0.383 e. The number of alkyl halides is 6. The fourth-order valence-electron chi connectivity index (χ4n) is 2.28. The van der Waals surface area contributed by atoms with Crippen molar-refractivity contribution in [2.75, 3.05) is 5.73 Å². The average molecular weight is 477 g/mol. The highest BCUT2D eigenvalue weighted by molar-refractivity contribution is 6.44. The zero-order valence-corrected chi connectivity index (χ0v) is 15.4. The van der Waals surface area contributed by atoms with E-state index in [1.807, 2.05) is 0 Å². The van der Waals surface area contributed by atoms with E-state index in [4.69, 9.17) is 45.8 Å². The maximum Gasteiger partial charge on any atom is 0.451 e. The van der Waals surface area contributed by atoms with E-state index >= 15 is 0 Å². The molecule has 0 aliphatic heterocycles. The highest BCUT2D eigenvalue weighted by Gasteiger charge is 2.43. The minimum Gasteiger partial charge on any atom is -0.383 e. The van der Waals surface area contributed by atoms with Gasteiger partial charge < -0.3 is 5.73 Å². The molecule has 0 aliphatic rings. The van der Waals surface area contributed by atoms with Crippen LogP contribution in [0.15, 0.2) is 0 Å². The SMILES string of the molecule is N#Cc1nc(Cl)c(Cl)c(-n2nc3nc(C(F)(F)F)nc(C(F)(F)F)c3c2N)c1Cl. The molecule has 0 unspecified atom stereocenters. The third-order valence-electron chi connectivity index (χ3n) is 3.42. The summed E-state index contributed by atoms with van der Waals surface area (Å²) in [6, 6.07) is 1.57. The van der Waals surface area contributed by atoms with Crippen LogP contribution in [-0.4, -0.2) is 24.7 Å². The fraction of sp³-hybridized carbons (Fsp3) is 0.154. The number of nitrogen functional groups attached to an aromatic ring is 1. The topological polar surface area (TPSA) is 106 Å². The molecule has 2 N–H and O–H groups in total. The summed E-state index contributed by atoms with van der Waals surface area (Å²) in [5.41, 5.74) is 1.74. The largest absolute Gasteiger partial charge is 0.451 e. The Morgan fingerprint density at radius 3 is 2.07 bits per heavy atom. The van der Waals surface area contributed by atoms with Gasteiger partial charge in [0.25, 0.3) is 0 Å². The minimum atomic E-state index is -5.33. The van der Waals surface area contributed by atoms with Gasteiger partial charge in [-0.15, -0.1) is 5.10 Å². The highest BCUT2D eigenvalue weighted by atomic mass is 35.5. The summed E-state index contributed by atoms with van der Waals surface area (Å²) in [7, 11) is 0. The molecule has 29 heavy (non-hydrogen) atoms. The molecule has 0 aromatic carbocycles. The molecule has 16 heteroatoms. The van der Waals surface area contributed by atoms with Gasteiger partial charge in [0.2, 0.25) is 5.82 Å². The van der Waals surface area contributed by atoms with E-state index in [0.717, 1.165) is 0 Å². The Balaban J connectivity index is 2.47. The molecule has 3 rings (SSSR count). The summed E-state index contributed by atoms with van der Waals surface area (Å²) >= 11 is 17.7. The van der Waals surface area contributed by atoms with Gasteiger partial charge in [0.15, 0.2) is 22.2 Å². The van der Waals surface area contributed by atoms with Crippen LogP contribution in [0.1, 0.15) is 17.2 Å². The monoisotopic (exact) mass is 475 g/mol. The van der Waals surface area contributed by atoms with E-state index in [2.05, 4.69) is 20.1 Å². The number of aromatic nitrogens is 5. The Morgan fingerprint density at radius 1 is 0.931 bits per heavy atom. The number of fused-ring (bicyclic) bond motifs is 1. The van der Waals surface area contributed by atoms with Crippen molar-refractivity contribution in [1.82, 2.24) is 24.7 Å². The van der Waals surface area contributed by atoms with Gasteiger partial charge in [-0.1, -0.05) is 34.8 Å². The summed E-state index contributed by atoms with van der Waals surface area (Å²) in [5.74, 6) is -2.92. The number of halogens is 9. The van der Waals surface area contributed by atoms with Crippen LogP contribution in [-0.2, 0) is 12.4 Å². The van der Waals surface area contributed by atoms with Gasteiger partial charge >= 0.3 is 12.4 Å². The van der Waals surface area contributed by atoms with Crippen LogP contribution in [0.2, 0.25) is 15.2 Å². The van der Waals surface area contributed by atoms with Gasteiger partial charge in [0.1, 0.15) is 27.6 Å². The number of pyridine rings is 1. The molecule has 3 heterocycles. The first kappa shape index (κ1) is 21.2. The first-order valence-corrected chi connectivity index (χ1v) is 8.06. The molecule has 3 aromatic rings. The van der Waals surface area contributed by atoms with Crippen molar-refractivity contribution in [3.63, 3.8) is 0 Å². The van der Waals surface area contributed by atoms with Crippen LogP contribution in [0, 0.1) is 11.3 Å². The third kappa shape index (κ3) is 3.47. The van der Waals surface area contributed by atoms with E-state index < -0.39 is 67.3 Å². The van der Waals surface area contributed by atoms with Crippen LogP contribution in [0.4, 0.5) is 32.2 Å². The summed E-state index contributed by atoms with van der Waals surface area (Å²) in [6.07, 6.45) is -10.6. The number of rotatable bonds is 1. The first-order chi connectivity index (χ1) is 13.3. The minimum absolute atomic E-state index is 0.465. The maximum absolute atomic E-state index is 13.3. The summed E-state index contributed by atoms with van der Waals surface area (Å²) in [6.45, 7) is 0. The number of nitriles is 1. The quantitative estimate of drug-likeness (QED) is 0.404. The standard InChI is InChI=1S/C13H2Cl3F6N7/c14-4-2(1-23)25-8(16)5(15)6(4)29-9(24)3-7(12(17,18)19)26-11(13(20,21)22)27-10(3)28-29/h24H2. The zero-order chi connectivity index (χ0) is 21.9. The van der Waals surface area contributed by atoms with Crippen LogP contribution in [0.3, 0.4) is 0 Å². The summed E-state index contributed by atoms with van der Waals surface area (Å²) in [5, 5.41) is 10.1. The van der Waals surface area contributed by atoms with Crippen molar-refractivity contribution >= 4 is 51.7 Å². The molecule has 0 amide bonds. The second-order valence-corrected chi connectivity index (χ2v) is 6.34. The molecule has 0 saturated carbocycles. The van der Waals surface area contributed by atoms with Crippen molar-refractivity contribution in [2.45, 2.75) is 12.4 Å². The molecule has 0 bridgehead atoms. The molecule has 0 aliphatic carbocycles. The van der Waals surface area contributed by atoms with Crippen molar-refractivity contribution in [3.05, 3.63) is 32.4 Å². The Morgan fingerprint density at radius 2 is 1.55 bits per heavy atom. The number of nitrogens with zero attached hydrogens (tertiary/aromatic N) is 6. The molecule has 152 valence electrons. The zero-order valence-electron chi connectivity index (χ0n) is 13.2. The first-order valence-electron chi connectivity index (χ1n) is 6.93. The van der Waals surface area contributed by atoms with E-state index in [0.29, 0.717) is 4.68 Å². The van der Waals surface area contributed by atoms with E-state index in [1.165, 1.54) is 0 Å². The lowest BCUT2D eigenvalue weighted by Gasteiger charge is -2.11. The normalized spacial score (nSPS) is 12.4. The second kappa shape index (κ2) is 6.75. The number of nitrogens with two attached hydrogens (primary N) is 1. The van der Waals surface area contributed by atoms with Crippen LogP contribution in [0.5, 0.6) is 0 Å². The van der Waals surface area contributed by atoms with E-state index in [-0.39, 0.29) is 0 Å². The molecule has 0 atom stereocenters. The van der Waals surface area contributed by atoms with Gasteiger partial charge in [-0.3, -0.25) is 0 Å². The molecule has 0 saturated heterocycles. The number of hydrogen-bond acceptors (Lipinski definition) is 6. The Bertz CT molecular complexity index is 1200. The lowest BCUT2D eigenvalue weighted by Crippen LogP contribution is -2.17. The Kier molecular flexibility index (Phi) is 4.93. The molecule has 0 spiro atoms. The van der Waals surface area contributed by atoms with Gasteiger partial charge in [-0.05, 0) is 0 Å². The lowest BCUT2D eigenvalue weighted by molar-refractivity contribution is -0.151. The molecular formula is C13H2Cl3F6N7. The predicted molar refractivity (Wildman–Crippen MR) is 88.6 cm³/mol. The average Bonchev–Trinajstić information content (AvgIpc) is 2.92. The molecule has 3 aromatic heterocycles. The molecule has 7 nitrogen and oxygen atoms in total. The van der Waals surface area contributed by atoms with E-state index in [1.54, 1.807) is 6.07 Å². The molecule has 0 fully saturated rings. The van der Waals surface area contributed by atoms with Gasteiger partial charge in [-0.2, -0.15) is 31.6 Å².